The predicted molar refractivity (Wildman–Crippen MR) is 145 cm³/mol. The number of rotatable bonds is 8. The molecule has 1 saturated heterocycles. The molecule has 0 atom stereocenters. The Morgan fingerprint density at radius 1 is 0.944 bits per heavy atom. The number of hydrogen-bond donors (Lipinski definition) is 2. The van der Waals surface area contributed by atoms with Gasteiger partial charge in [0.2, 0.25) is 5.91 Å². The number of benzene rings is 3. The van der Waals surface area contributed by atoms with Gasteiger partial charge in [0.15, 0.2) is 0 Å². The average Bonchev–Trinajstić information content (AvgIpc) is 2.89. The molecule has 1 heterocycles. The van der Waals surface area contributed by atoms with Crippen molar-refractivity contribution in [3.8, 4) is 5.75 Å². The lowest BCUT2D eigenvalue weighted by molar-refractivity contribution is -0.111. The van der Waals surface area contributed by atoms with E-state index >= 15 is 0 Å². The van der Waals surface area contributed by atoms with Gasteiger partial charge in [-0.3, -0.25) is 9.52 Å². The van der Waals surface area contributed by atoms with E-state index in [9.17, 15) is 13.2 Å². The summed E-state index contributed by atoms with van der Waals surface area (Å²) in [4.78, 5) is 14.7. The van der Waals surface area contributed by atoms with Gasteiger partial charge in [-0.05, 0) is 85.5 Å². The quantitative estimate of drug-likeness (QED) is 0.363. The third-order valence-electron chi connectivity index (χ3n) is 5.85. The number of methoxy groups -OCH3 is 1. The number of piperidine rings is 1. The van der Waals surface area contributed by atoms with E-state index in [1.807, 2.05) is 0 Å². The largest absolute Gasteiger partial charge is 0.497 e. The number of carbonyl (C=O) groups is 1. The molecule has 7 nitrogen and oxygen atoms in total. The molecule has 0 aromatic heterocycles. The van der Waals surface area contributed by atoms with Gasteiger partial charge in [-0.1, -0.05) is 23.7 Å². The Balaban J connectivity index is 1.59. The van der Waals surface area contributed by atoms with E-state index in [4.69, 9.17) is 16.3 Å². The van der Waals surface area contributed by atoms with E-state index in [1.54, 1.807) is 73.8 Å². The van der Waals surface area contributed by atoms with Crippen molar-refractivity contribution >= 4 is 50.7 Å². The van der Waals surface area contributed by atoms with Crippen molar-refractivity contribution < 1.29 is 17.9 Å². The standard InChI is InChI=1S/C27H28ClN3O4S/c1-35-24-13-10-22(11-14-24)30-36(33,34)26-19-23(12-15-25(26)31-17-3-2-4-18-31)29-27(32)16-7-20-5-8-21(28)9-6-20/h5-16,19,30H,2-4,17-18H2,1H3,(H,29,32)/b16-7+. The molecule has 1 aliphatic heterocycles. The van der Waals surface area contributed by atoms with Crippen LogP contribution in [0.2, 0.25) is 5.02 Å². The van der Waals surface area contributed by atoms with Gasteiger partial charge < -0.3 is 15.0 Å². The highest BCUT2D eigenvalue weighted by Crippen LogP contribution is 2.32. The molecule has 0 radical (unpaired) electrons. The Morgan fingerprint density at radius 2 is 1.61 bits per heavy atom. The first kappa shape index (κ1) is 25.6. The summed E-state index contributed by atoms with van der Waals surface area (Å²) in [6, 6.07) is 18.7. The fourth-order valence-corrected chi connectivity index (χ4v) is 5.44. The molecule has 0 saturated carbocycles. The average molecular weight is 526 g/mol. The van der Waals surface area contributed by atoms with Crippen molar-refractivity contribution in [2.24, 2.45) is 0 Å². The molecule has 2 N–H and O–H groups in total. The summed E-state index contributed by atoms with van der Waals surface area (Å²) in [5.74, 6) is 0.255. The number of ether oxygens (including phenoxy) is 1. The Bertz CT molecular complexity index is 1330. The Labute approximate surface area is 216 Å². The van der Waals surface area contributed by atoms with E-state index in [-0.39, 0.29) is 10.8 Å². The predicted octanol–water partition coefficient (Wildman–Crippen LogP) is 5.79. The highest BCUT2D eigenvalue weighted by Gasteiger charge is 2.24. The number of nitrogens with zero attached hydrogens (tertiary/aromatic N) is 1. The van der Waals surface area contributed by atoms with Crippen LogP contribution in [0.15, 0.2) is 77.7 Å². The number of amides is 1. The normalized spacial score (nSPS) is 14.0. The Kier molecular flexibility index (Phi) is 8.18. The SMILES string of the molecule is COc1ccc(NS(=O)(=O)c2cc(NC(=O)/C=C/c3ccc(Cl)cc3)ccc2N2CCCCC2)cc1. The molecule has 36 heavy (non-hydrogen) atoms. The molecule has 0 bridgehead atoms. The van der Waals surface area contributed by atoms with E-state index in [0.717, 1.165) is 37.9 Å². The third-order valence-corrected chi connectivity index (χ3v) is 7.52. The molecule has 1 aliphatic rings. The fourth-order valence-electron chi connectivity index (χ4n) is 4.00. The molecule has 9 heteroatoms. The zero-order chi connectivity index (χ0) is 25.5. The minimum absolute atomic E-state index is 0.111. The minimum Gasteiger partial charge on any atom is -0.497 e. The van der Waals surface area contributed by atoms with Crippen molar-refractivity contribution in [2.75, 3.05) is 35.1 Å². The summed E-state index contributed by atoms with van der Waals surface area (Å²) in [6.07, 6.45) is 6.18. The van der Waals surface area contributed by atoms with Crippen LogP contribution in [0.25, 0.3) is 6.08 Å². The first-order chi connectivity index (χ1) is 17.3. The second-order valence-electron chi connectivity index (χ2n) is 8.44. The highest BCUT2D eigenvalue weighted by molar-refractivity contribution is 7.92. The smallest absolute Gasteiger partial charge is 0.264 e. The number of anilines is 3. The van der Waals surface area contributed by atoms with Crippen LogP contribution in [0.1, 0.15) is 24.8 Å². The monoisotopic (exact) mass is 525 g/mol. The second-order valence-corrected chi connectivity index (χ2v) is 10.5. The fraction of sp³-hybridized carbons (Fsp3) is 0.222. The van der Waals surface area contributed by atoms with Crippen LogP contribution >= 0.6 is 11.6 Å². The lowest BCUT2D eigenvalue weighted by Gasteiger charge is -2.30. The zero-order valence-corrected chi connectivity index (χ0v) is 21.5. The number of carbonyl (C=O) groups excluding carboxylic acids is 1. The van der Waals surface area contributed by atoms with Gasteiger partial charge in [0.05, 0.1) is 12.8 Å². The van der Waals surface area contributed by atoms with Gasteiger partial charge in [-0.15, -0.1) is 0 Å². The van der Waals surface area contributed by atoms with Gasteiger partial charge in [0.25, 0.3) is 10.0 Å². The summed E-state index contributed by atoms with van der Waals surface area (Å²) < 4.78 is 34.8. The minimum atomic E-state index is -3.94. The number of nitrogens with one attached hydrogen (secondary N) is 2. The van der Waals surface area contributed by atoms with Crippen LogP contribution in [0.4, 0.5) is 17.1 Å². The first-order valence-electron chi connectivity index (χ1n) is 11.6. The van der Waals surface area contributed by atoms with Gasteiger partial charge in [0, 0.05) is 35.6 Å². The van der Waals surface area contributed by atoms with Crippen LogP contribution in [-0.2, 0) is 14.8 Å². The van der Waals surface area contributed by atoms with E-state index in [1.165, 1.54) is 12.1 Å². The summed E-state index contributed by atoms with van der Waals surface area (Å²) in [6.45, 7) is 1.56. The molecule has 188 valence electrons. The van der Waals surface area contributed by atoms with E-state index in [2.05, 4.69) is 14.9 Å². The van der Waals surface area contributed by atoms with Crippen molar-refractivity contribution in [1.29, 1.82) is 0 Å². The Hall–Kier alpha value is -3.49. The van der Waals surface area contributed by atoms with Crippen LogP contribution in [0.3, 0.4) is 0 Å². The van der Waals surface area contributed by atoms with Gasteiger partial charge in [-0.2, -0.15) is 0 Å². The molecule has 3 aromatic carbocycles. The van der Waals surface area contributed by atoms with E-state index in [0.29, 0.717) is 27.8 Å². The van der Waals surface area contributed by atoms with Crippen LogP contribution < -0.4 is 19.7 Å². The lowest BCUT2D eigenvalue weighted by atomic mass is 10.1. The summed E-state index contributed by atoms with van der Waals surface area (Å²) in [7, 11) is -2.39. The van der Waals surface area contributed by atoms with Crippen LogP contribution in [-0.4, -0.2) is 34.5 Å². The molecule has 0 unspecified atom stereocenters. The number of halogens is 1. The van der Waals surface area contributed by atoms with Gasteiger partial charge in [-0.25, -0.2) is 8.42 Å². The first-order valence-corrected chi connectivity index (χ1v) is 13.5. The molecule has 1 fully saturated rings. The lowest BCUT2D eigenvalue weighted by Crippen LogP contribution is -2.31. The van der Waals surface area contributed by atoms with Crippen molar-refractivity contribution in [3.05, 3.63) is 83.4 Å². The molecular formula is C27H28ClN3O4S. The van der Waals surface area contributed by atoms with E-state index < -0.39 is 10.0 Å². The molecule has 1 amide bonds. The Morgan fingerprint density at radius 3 is 2.28 bits per heavy atom. The molecule has 0 aliphatic carbocycles. The maximum atomic E-state index is 13.5. The zero-order valence-electron chi connectivity index (χ0n) is 19.9. The summed E-state index contributed by atoms with van der Waals surface area (Å²) >= 11 is 5.90. The topological polar surface area (TPSA) is 87.7 Å². The van der Waals surface area contributed by atoms with Crippen LogP contribution in [0, 0.1) is 0 Å². The van der Waals surface area contributed by atoms with Crippen molar-refractivity contribution in [1.82, 2.24) is 0 Å². The maximum Gasteiger partial charge on any atom is 0.264 e. The van der Waals surface area contributed by atoms with Gasteiger partial charge in [0.1, 0.15) is 10.6 Å². The molecule has 3 aromatic rings. The second kappa shape index (κ2) is 11.5. The molecule has 0 spiro atoms. The molecule has 4 rings (SSSR count). The number of sulfonamides is 1. The van der Waals surface area contributed by atoms with Crippen LogP contribution in [0.5, 0.6) is 5.75 Å². The van der Waals surface area contributed by atoms with Gasteiger partial charge >= 0.3 is 0 Å². The molecular weight excluding hydrogens is 498 g/mol. The number of hydrogen-bond acceptors (Lipinski definition) is 5. The summed E-state index contributed by atoms with van der Waals surface area (Å²) in [5, 5.41) is 3.38. The van der Waals surface area contributed by atoms with Crippen molar-refractivity contribution in [3.63, 3.8) is 0 Å². The highest BCUT2D eigenvalue weighted by atomic mass is 35.5. The summed E-state index contributed by atoms with van der Waals surface area (Å²) in [5.41, 5.74) is 2.24. The third kappa shape index (κ3) is 6.59. The maximum absolute atomic E-state index is 13.5. The van der Waals surface area contributed by atoms with Crippen molar-refractivity contribution in [2.45, 2.75) is 24.2 Å².